The second-order valence-electron chi connectivity index (χ2n) is 16.5. The van der Waals surface area contributed by atoms with E-state index in [2.05, 4.69) is 86.6 Å². The van der Waals surface area contributed by atoms with E-state index in [1.54, 1.807) is 0 Å². The normalized spacial score (nSPS) is 14.9. The Bertz CT molecular complexity index is 3280. The molecule has 13 rings (SSSR count). The number of amides is 4. The van der Waals surface area contributed by atoms with Gasteiger partial charge in [0.1, 0.15) is 0 Å². The Labute approximate surface area is 331 Å². The minimum Gasteiger partial charge on any atom is -0.274 e. The van der Waals surface area contributed by atoms with Crippen LogP contribution < -0.4 is 0 Å². The van der Waals surface area contributed by atoms with Crippen molar-refractivity contribution in [1.29, 1.82) is 0 Å². The molecule has 0 saturated heterocycles. The van der Waals surface area contributed by atoms with E-state index in [9.17, 15) is 19.2 Å². The van der Waals surface area contributed by atoms with E-state index in [4.69, 9.17) is 0 Å². The summed E-state index contributed by atoms with van der Waals surface area (Å²) < 4.78 is 0. The largest absolute Gasteiger partial charge is 0.274 e. The minimum absolute atomic E-state index is 0.207. The molecular weight excluding hydrogens is 717 g/mol. The lowest BCUT2D eigenvalue weighted by Gasteiger charge is -2.29. The summed E-state index contributed by atoms with van der Waals surface area (Å²) in [5.41, 5.74) is 2.40. The maximum Gasteiger partial charge on any atom is 0.261 e. The van der Waals surface area contributed by atoms with Crippen molar-refractivity contribution in [2.75, 3.05) is 13.1 Å². The Kier molecular flexibility index (Phi) is 6.06. The average Bonchev–Trinajstić information content (AvgIpc) is 3.25. The molecule has 58 heavy (non-hydrogen) atoms. The maximum atomic E-state index is 13.8. The maximum absolute atomic E-state index is 13.8. The van der Waals surface area contributed by atoms with Crippen LogP contribution in [0, 0.1) is 0 Å². The molecule has 2 aliphatic rings. The number of nitrogens with zero attached hydrogens (tertiary/aromatic N) is 2. The Balaban J connectivity index is 1.10. The molecule has 0 atom stereocenters. The molecule has 0 bridgehead atoms. The van der Waals surface area contributed by atoms with Crippen LogP contribution in [0.25, 0.3) is 108 Å². The van der Waals surface area contributed by atoms with E-state index in [1.165, 1.54) is 52.9 Å². The van der Waals surface area contributed by atoms with E-state index in [0.717, 1.165) is 90.3 Å². The van der Waals surface area contributed by atoms with Crippen molar-refractivity contribution < 1.29 is 19.2 Å². The molecule has 0 fully saturated rings. The highest BCUT2D eigenvalue weighted by molar-refractivity contribution is 6.47. The molecule has 0 radical (unpaired) electrons. The SMILES string of the molecule is CCCCN1C(=O)c2ccc3c4ccc5c6ccc7c8ccc9c%10c(ccc(c%11ccc(c%12ccc(c%13ccc(c2c3%13)C1=O)c4c5%12)c6c7%11)c%108)C(=O)N(CCCC)C9=O. The molecule has 0 spiro atoms. The lowest BCUT2D eigenvalue weighted by atomic mass is 9.80. The van der Waals surface area contributed by atoms with E-state index in [1.807, 2.05) is 24.3 Å². The lowest BCUT2D eigenvalue weighted by Crippen LogP contribution is -2.40. The van der Waals surface area contributed by atoms with Gasteiger partial charge in [0.15, 0.2) is 0 Å². The minimum atomic E-state index is -0.207. The number of carbonyl (C=O) groups excluding carboxylic acids is 4. The van der Waals surface area contributed by atoms with Crippen molar-refractivity contribution in [3.8, 4) is 0 Å². The van der Waals surface area contributed by atoms with Crippen LogP contribution in [-0.2, 0) is 0 Å². The van der Waals surface area contributed by atoms with Gasteiger partial charge in [-0.25, -0.2) is 0 Å². The Morgan fingerprint density at radius 1 is 0.293 bits per heavy atom. The first-order valence-corrected chi connectivity index (χ1v) is 20.5. The van der Waals surface area contributed by atoms with Crippen molar-refractivity contribution in [1.82, 2.24) is 9.80 Å². The second-order valence-corrected chi connectivity index (χ2v) is 16.5. The van der Waals surface area contributed by atoms with E-state index >= 15 is 0 Å². The van der Waals surface area contributed by atoms with E-state index < -0.39 is 0 Å². The number of fused-ring (bicyclic) bond motifs is 6. The van der Waals surface area contributed by atoms with Crippen LogP contribution in [0.4, 0.5) is 0 Å². The van der Waals surface area contributed by atoms with Gasteiger partial charge in [-0.05, 0) is 134 Å². The van der Waals surface area contributed by atoms with Crippen LogP contribution in [-0.4, -0.2) is 46.5 Å². The monoisotopic (exact) mass is 750 g/mol. The topological polar surface area (TPSA) is 74.8 Å². The van der Waals surface area contributed by atoms with Crippen LogP contribution in [0.2, 0.25) is 0 Å². The van der Waals surface area contributed by atoms with Gasteiger partial charge in [0.2, 0.25) is 0 Å². The zero-order valence-electron chi connectivity index (χ0n) is 32.0. The molecule has 2 aliphatic heterocycles. The summed E-state index contributed by atoms with van der Waals surface area (Å²) in [4.78, 5) is 58.1. The fourth-order valence-electron chi connectivity index (χ4n) is 11.2. The molecule has 11 aromatic rings. The van der Waals surface area contributed by atoms with Gasteiger partial charge >= 0.3 is 0 Å². The zero-order chi connectivity index (χ0) is 38.9. The van der Waals surface area contributed by atoms with Gasteiger partial charge in [-0.15, -0.1) is 0 Å². The van der Waals surface area contributed by atoms with Crippen molar-refractivity contribution in [3.05, 3.63) is 119 Å². The van der Waals surface area contributed by atoms with E-state index in [0.29, 0.717) is 35.3 Å². The highest BCUT2D eigenvalue weighted by atomic mass is 16.2. The summed E-state index contributed by atoms with van der Waals surface area (Å²) in [5, 5.41) is 21.6. The quantitative estimate of drug-likeness (QED) is 0.0963. The molecule has 276 valence electrons. The standard InChI is InChI=1S/C52H34N2O4/c1-3-5-23-53-49(55)37-19-15-33-29-11-7-25-27-9-13-31-35-17-21-39-48-40(52(58)54(51(39)57)24-6-4-2)22-18-36(46(35)48)32-14-10-28(42(27)44(31)32)26-8-12-30(43(29)41(25)26)34-16-20-38(50(53)56)47(37)45(33)34/h7-22H,3-6,23-24H2,1-2H3. The summed E-state index contributed by atoms with van der Waals surface area (Å²) in [6, 6.07) is 34.0. The molecule has 0 aromatic heterocycles. The number of hydrogen-bond donors (Lipinski definition) is 0. The number of unbranched alkanes of at least 4 members (excludes halogenated alkanes) is 2. The van der Waals surface area contributed by atoms with Crippen LogP contribution >= 0.6 is 0 Å². The molecule has 4 amide bonds. The van der Waals surface area contributed by atoms with Gasteiger partial charge in [-0.2, -0.15) is 0 Å². The third-order valence-corrected chi connectivity index (χ3v) is 13.8. The fraction of sp³-hybridized carbons (Fsp3) is 0.154. The van der Waals surface area contributed by atoms with Crippen molar-refractivity contribution in [2.24, 2.45) is 0 Å². The molecule has 0 unspecified atom stereocenters. The summed E-state index contributed by atoms with van der Waals surface area (Å²) in [7, 11) is 0. The summed E-state index contributed by atoms with van der Waals surface area (Å²) in [6.07, 6.45) is 3.36. The lowest BCUT2D eigenvalue weighted by molar-refractivity contribution is 0.0593. The van der Waals surface area contributed by atoms with Gasteiger partial charge in [-0.3, -0.25) is 29.0 Å². The average molecular weight is 751 g/mol. The molecule has 0 N–H and O–H groups in total. The van der Waals surface area contributed by atoms with Crippen molar-refractivity contribution in [2.45, 2.75) is 39.5 Å². The number of hydrogen-bond acceptors (Lipinski definition) is 4. The van der Waals surface area contributed by atoms with Crippen LogP contribution in [0.5, 0.6) is 0 Å². The summed E-state index contributed by atoms with van der Waals surface area (Å²) in [5.74, 6) is -0.829. The van der Waals surface area contributed by atoms with Crippen molar-refractivity contribution in [3.63, 3.8) is 0 Å². The van der Waals surface area contributed by atoms with Gasteiger partial charge in [0.25, 0.3) is 23.6 Å². The molecule has 6 nitrogen and oxygen atoms in total. The van der Waals surface area contributed by atoms with Gasteiger partial charge in [-0.1, -0.05) is 99.5 Å². The van der Waals surface area contributed by atoms with Crippen LogP contribution in [0.15, 0.2) is 97.1 Å². The first-order chi connectivity index (χ1) is 28.4. The number of benzene rings is 11. The second kappa shape index (κ2) is 10.9. The molecule has 2 heterocycles. The van der Waals surface area contributed by atoms with Crippen LogP contribution in [0.3, 0.4) is 0 Å². The van der Waals surface area contributed by atoms with Gasteiger partial charge < -0.3 is 0 Å². The number of imide groups is 2. The predicted octanol–water partition coefficient (Wildman–Crippen LogP) is 12.3. The fourth-order valence-corrected chi connectivity index (χ4v) is 11.2. The number of carbonyl (C=O) groups is 4. The predicted molar refractivity (Wildman–Crippen MR) is 236 cm³/mol. The van der Waals surface area contributed by atoms with Gasteiger partial charge in [0, 0.05) is 46.1 Å². The third-order valence-electron chi connectivity index (χ3n) is 13.8. The first kappa shape index (κ1) is 32.2. The van der Waals surface area contributed by atoms with E-state index in [-0.39, 0.29) is 23.6 Å². The summed E-state index contributed by atoms with van der Waals surface area (Å²) in [6.45, 7) is 4.98. The van der Waals surface area contributed by atoms with Gasteiger partial charge in [0.05, 0.1) is 0 Å². The zero-order valence-corrected chi connectivity index (χ0v) is 32.0. The Hall–Kier alpha value is -6.92. The molecule has 0 aliphatic carbocycles. The number of rotatable bonds is 6. The molecular formula is C52H34N2O4. The highest BCUT2D eigenvalue weighted by Crippen LogP contribution is 2.52. The third kappa shape index (κ3) is 3.62. The Morgan fingerprint density at radius 3 is 0.690 bits per heavy atom. The van der Waals surface area contributed by atoms with Crippen molar-refractivity contribution >= 4 is 131 Å². The molecule has 11 aromatic carbocycles. The van der Waals surface area contributed by atoms with Crippen LogP contribution in [0.1, 0.15) is 81.0 Å². The summed E-state index contributed by atoms with van der Waals surface area (Å²) >= 11 is 0. The Morgan fingerprint density at radius 2 is 0.483 bits per heavy atom. The molecule has 0 saturated carbocycles. The highest BCUT2D eigenvalue weighted by Gasteiger charge is 2.36. The smallest absolute Gasteiger partial charge is 0.261 e. The molecule has 6 heteroatoms. The first-order valence-electron chi connectivity index (χ1n) is 20.5.